The Labute approximate surface area is 63.5 Å². The fraction of sp³-hybridized carbons (Fsp3) is 1.00. The number of hydrogen-bond acceptors (Lipinski definition) is 1. The van der Waals surface area contributed by atoms with Gasteiger partial charge in [0.15, 0.2) is 0 Å². The van der Waals surface area contributed by atoms with Crippen LogP contribution in [0.3, 0.4) is 0 Å². The molecular weight excluding hydrogens is 360 g/mol. The SMILES string of the molecule is CN.[I].[Pb]. The monoisotopic (exact) mass is 366 g/mol. The Morgan fingerprint density at radius 1 is 1.25 bits per heavy atom. The summed E-state index contributed by atoms with van der Waals surface area (Å²) in [5, 5.41) is 0. The van der Waals surface area contributed by atoms with Crippen LogP contribution in [0.2, 0.25) is 0 Å². The maximum atomic E-state index is 4.50. The molecule has 4 heavy (non-hydrogen) atoms. The van der Waals surface area contributed by atoms with Gasteiger partial charge in [-0.1, -0.05) is 0 Å². The molecule has 0 saturated carbocycles. The van der Waals surface area contributed by atoms with Crippen molar-refractivity contribution in [2.75, 3.05) is 7.05 Å². The van der Waals surface area contributed by atoms with Gasteiger partial charge in [0.25, 0.3) is 0 Å². The van der Waals surface area contributed by atoms with Crippen LogP contribution in [0.4, 0.5) is 0 Å². The van der Waals surface area contributed by atoms with E-state index in [9.17, 15) is 0 Å². The summed E-state index contributed by atoms with van der Waals surface area (Å²) >= 11 is 0. The molecule has 0 amide bonds. The van der Waals surface area contributed by atoms with Crippen molar-refractivity contribution in [3.05, 3.63) is 0 Å². The van der Waals surface area contributed by atoms with Crippen LogP contribution in [0.25, 0.3) is 0 Å². The van der Waals surface area contributed by atoms with E-state index in [-0.39, 0.29) is 51.3 Å². The molecular formula is CH5INPb. The maximum absolute atomic E-state index is 4.50. The number of hydrogen-bond donors (Lipinski definition) is 1. The minimum atomic E-state index is 0. The van der Waals surface area contributed by atoms with E-state index >= 15 is 0 Å². The average Bonchev–Trinajstić information content (AvgIpc) is 1.00. The molecule has 0 aromatic heterocycles. The third kappa shape index (κ3) is 9.48. The van der Waals surface area contributed by atoms with Crippen LogP contribution in [0.15, 0.2) is 0 Å². The van der Waals surface area contributed by atoms with Gasteiger partial charge in [-0.2, -0.15) is 0 Å². The summed E-state index contributed by atoms with van der Waals surface area (Å²) in [7, 11) is 1.50. The number of halogens is 1. The summed E-state index contributed by atoms with van der Waals surface area (Å²) < 4.78 is 0. The molecule has 0 spiro atoms. The molecule has 0 saturated heterocycles. The molecule has 0 aromatic carbocycles. The van der Waals surface area contributed by atoms with Crippen molar-refractivity contribution in [1.29, 1.82) is 0 Å². The van der Waals surface area contributed by atoms with Crippen molar-refractivity contribution in [2.45, 2.75) is 0 Å². The van der Waals surface area contributed by atoms with E-state index in [0.29, 0.717) is 0 Å². The molecule has 0 rings (SSSR count). The van der Waals surface area contributed by atoms with Crippen molar-refractivity contribution in [1.82, 2.24) is 0 Å². The molecule has 0 aromatic rings. The van der Waals surface area contributed by atoms with Crippen LogP contribution < -0.4 is 5.73 Å². The van der Waals surface area contributed by atoms with Crippen LogP contribution in [-0.4, -0.2) is 34.3 Å². The van der Waals surface area contributed by atoms with Gasteiger partial charge >= 0.3 is 0 Å². The van der Waals surface area contributed by atoms with E-state index in [0.717, 1.165) is 0 Å². The molecule has 3 heteroatoms. The minimum Gasteiger partial charge on any atom is -0.333 e. The zero-order valence-corrected chi connectivity index (χ0v) is 8.50. The zero-order chi connectivity index (χ0) is 2.00. The summed E-state index contributed by atoms with van der Waals surface area (Å²) in [6.07, 6.45) is 0. The predicted octanol–water partition coefficient (Wildman–Crippen LogP) is 0.0798. The van der Waals surface area contributed by atoms with Gasteiger partial charge in [0.05, 0.1) is 0 Å². The largest absolute Gasteiger partial charge is 0.333 e. The molecule has 2 N–H and O–H groups in total. The second kappa shape index (κ2) is 23.2. The molecule has 0 atom stereocenters. The topological polar surface area (TPSA) is 26.0 Å². The van der Waals surface area contributed by atoms with Gasteiger partial charge in [-0.15, -0.1) is 0 Å². The molecule has 1 nitrogen and oxygen atoms in total. The Morgan fingerprint density at radius 2 is 1.25 bits per heavy atom. The number of nitrogens with two attached hydrogens (primary N) is 1. The molecule has 0 aliphatic carbocycles. The minimum absolute atomic E-state index is 0. The molecule has 0 aliphatic heterocycles. The van der Waals surface area contributed by atoms with Crippen LogP contribution in [-0.2, 0) is 0 Å². The van der Waals surface area contributed by atoms with Crippen molar-refractivity contribution in [3.8, 4) is 0 Å². The van der Waals surface area contributed by atoms with Gasteiger partial charge in [-0.3, -0.25) is 0 Å². The smallest absolute Gasteiger partial charge is 0 e. The number of rotatable bonds is 0. The van der Waals surface area contributed by atoms with Gasteiger partial charge < -0.3 is 5.73 Å². The molecule has 0 bridgehead atoms. The average molecular weight is 365 g/mol. The first kappa shape index (κ1) is 17.5. The van der Waals surface area contributed by atoms with Crippen LogP contribution >= 0.6 is 24.0 Å². The van der Waals surface area contributed by atoms with E-state index in [1.807, 2.05) is 0 Å². The van der Waals surface area contributed by atoms with Crippen LogP contribution in [0.5, 0.6) is 0 Å². The van der Waals surface area contributed by atoms with Gasteiger partial charge in [0.1, 0.15) is 0 Å². The van der Waals surface area contributed by atoms with Crippen molar-refractivity contribution >= 4 is 51.3 Å². The Bertz CT molecular complexity index is 8.00. The molecule has 0 heterocycles. The first-order valence-electron chi connectivity index (χ1n) is 0.577. The first-order valence-corrected chi connectivity index (χ1v) is 0.577. The second-order valence-electron chi connectivity index (χ2n) is 0. The fourth-order valence-corrected chi connectivity index (χ4v) is 0. The van der Waals surface area contributed by atoms with Gasteiger partial charge in [-0.25, -0.2) is 0 Å². The second-order valence-corrected chi connectivity index (χ2v) is 0. The molecule has 0 aliphatic rings. The molecule has 5 radical (unpaired) electrons. The zero-order valence-electron chi connectivity index (χ0n) is 2.46. The van der Waals surface area contributed by atoms with Crippen molar-refractivity contribution in [3.63, 3.8) is 0 Å². The summed E-state index contributed by atoms with van der Waals surface area (Å²) in [5.41, 5.74) is 4.50. The van der Waals surface area contributed by atoms with E-state index in [1.165, 1.54) is 7.05 Å². The molecule has 25 valence electrons. The third-order valence-electron chi connectivity index (χ3n) is 0. The molecule has 0 fully saturated rings. The van der Waals surface area contributed by atoms with Gasteiger partial charge in [0.2, 0.25) is 0 Å². The van der Waals surface area contributed by atoms with E-state index in [4.69, 9.17) is 0 Å². The standard InChI is InChI=1S/CH5N.I.Pb/c1-2;;/h2H2,1H3;;. The Hall–Kier alpha value is 1.61. The van der Waals surface area contributed by atoms with Crippen LogP contribution in [0, 0.1) is 0 Å². The summed E-state index contributed by atoms with van der Waals surface area (Å²) in [6.45, 7) is 0. The quantitative estimate of drug-likeness (QED) is 0.478. The normalized spacial score (nSPS) is 1.50. The van der Waals surface area contributed by atoms with Gasteiger partial charge in [0, 0.05) is 51.3 Å². The third-order valence-corrected chi connectivity index (χ3v) is 0. The summed E-state index contributed by atoms with van der Waals surface area (Å²) in [5.74, 6) is 0. The van der Waals surface area contributed by atoms with E-state index in [1.54, 1.807) is 0 Å². The first-order chi connectivity index (χ1) is 1.00. The van der Waals surface area contributed by atoms with Crippen molar-refractivity contribution < 1.29 is 0 Å². The Balaban J connectivity index is -0.00000000500. The van der Waals surface area contributed by atoms with Gasteiger partial charge in [-0.05, 0) is 7.05 Å². The van der Waals surface area contributed by atoms with Crippen LogP contribution in [0.1, 0.15) is 0 Å². The van der Waals surface area contributed by atoms with E-state index in [2.05, 4.69) is 5.73 Å². The maximum Gasteiger partial charge on any atom is 0 e. The Morgan fingerprint density at radius 3 is 1.25 bits per heavy atom. The Kier molecular flexibility index (Phi) is 101. The van der Waals surface area contributed by atoms with E-state index < -0.39 is 0 Å². The predicted molar refractivity (Wildman–Crippen MR) is 29.9 cm³/mol. The van der Waals surface area contributed by atoms with Crippen molar-refractivity contribution in [2.24, 2.45) is 5.73 Å². The summed E-state index contributed by atoms with van der Waals surface area (Å²) in [4.78, 5) is 0. The fourth-order valence-electron chi connectivity index (χ4n) is 0. The summed E-state index contributed by atoms with van der Waals surface area (Å²) in [6, 6.07) is 0. The molecule has 0 unspecified atom stereocenters.